The number of aryl methyl sites for hydroxylation is 1. The lowest BCUT2D eigenvalue weighted by Gasteiger charge is -2.33. The summed E-state index contributed by atoms with van der Waals surface area (Å²) in [6.45, 7) is 2.98. The van der Waals surface area contributed by atoms with Crippen LogP contribution in [-0.4, -0.2) is 43.8 Å². The fraction of sp³-hybridized carbons (Fsp3) is 0.355. The molecule has 1 N–H and O–H groups in total. The van der Waals surface area contributed by atoms with E-state index in [1.54, 1.807) is 67.6 Å². The van der Waals surface area contributed by atoms with Gasteiger partial charge in [0.2, 0.25) is 11.8 Å². The lowest BCUT2D eigenvalue weighted by Crippen LogP contribution is -2.53. The molecule has 0 radical (unpaired) electrons. The van der Waals surface area contributed by atoms with Crippen LogP contribution < -0.4 is 9.62 Å². The average molecular weight is 617 g/mol. The number of benzene rings is 3. The molecule has 0 aromatic heterocycles. The predicted molar refractivity (Wildman–Crippen MR) is 164 cm³/mol. The highest BCUT2D eigenvalue weighted by molar-refractivity contribution is 7.92. The summed E-state index contributed by atoms with van der Waals surface area (Å²) in [6, 6.07) is 19.1. The fourth-order valence-electron chi connectivity index (χ4n) is 4.97. The van der Waals surface area contributed by atoms with Crippen LogP contribution in [0.15, 0.2) is 77.7 Å². The zero-order chi connectivity index (χ0) is 29.6. The fourth-order valence-corrected chi connectivity index (χ4v) is 6.88. The third-order valence-corrected chi connectivity index (χ3v) is 9.89. The number of amides is 2. The van der Waals surface area contributed by atoms with E-state index in [0.717, 1.165) is 42.0 Å². The Hall–Kier alpha value is -3.07. The van der Waals surface area contributed by atoms with Crippen LogP contribution in [0.3, 0.4) is 0 Å². The number of hydrogen-bond acceptors (Lipinski definition) is 4. The highest BCUT2D eigenvalue weighted by atomic mass is 35.5. The van der Waals surface area contributed by atoms with Crippen LogP contribution in [0.4, 0.5) is 5.69 Å². The number of anilines is 1. The Labute approximate surface area is 252 Å². The van der Waals surface area contributed by atoms with E-state index in [0.29, 0.717) is 10.6 Å². The van der Waals surface area contributed by atoms with Crippen molar-refractivity contribution in [2.45, 2.75) is 69.5 Å². The molecule has 0 heterocycles. The molecule has 0 bridgehead atoms. The molecule has 2 amide bonds. The molecule has 0 unspecified atom stereocenters. The Balaban J connectivity index is 1.69. The summed E-state index contributed by atoms with van der Waals surface area (Å²) >= 11 is 12.9. The van der Waals surface area contributed by atoms with Crippen molar-refractivity contribution in [1.82, 2.24) is 10.2 Å². The van der Waals surface area contributed by atoms with Crippen LogP contribution in [-0.2, 0) is 26.2 Å². The highest BCUT2D eigenvalue weighted by Gasteiger charge is 2.34. The monoisotopic (exact) mass is 615 g/mol. The first-order chi connectivity index (χ1) is 19.6. The number of para-hydroxylation sites is 1. The maximum atomic E-state index is 14.1. The standard InChI is InChI=1S/C31H35Cl2N3O4S/c1-22-16-18-26(19-17-22)41(39,40)36(29-15-9-8-14-28(29)33)21-30(37)35(20-24-10-6-7-13-27(24)32)23(2)31(38)34-25-11-4-3-5-12-25/h6-10,13-19,23,25H,3-5,11-12,20-21H2,1-2H3,(H,34,38)/t23-/m1/s1. The molecule has 4 rings (SSSR count). The molecule has 218 valence electrons. The summed E-state index contributed by atoms with van der Waals surface area (Å²) in [6.07, 6.45) is 5.03. The number of halogens is 2. The lowest BCUT2D eigenvalue weighted by atomic mass is 9.95. The van der Waals surface area contributed by atoms with Gasteiger partial charge in [0.15, 0.2) is 0 Å². The van der Waals surface area contributed by atoms with Gasteiger partial charge in [-0.15, -0.1) is 0 Å². The molecule has 1 aliphatic rings. The molecule has 10 heteroatoms. The summed E-state index contributed by atoms with van der Waals surface area (Å²) in [4.78, 5) is 28.9. The third kappa shape index (κ3) is 7.61. The Kier molecular flexibility index (Phi) is 10.3. The summed E-state index contributed by atoms with van der Waals surface area (Å²) < 4.78 is 28.9. The molecular weight excluding hydrogens is 581 g/mol. The first-order valence-electron chi connectivity index (χ1n) is 13.7. The summed E-state index contributed by atoms with van der Waals surface area (Å²) in [7, 11) is -4.20. The number of carbonyl (C=O) groups is 2. The van der Waals surface area contributed by atoms with Crippen molar-refractivity contribution < 1.29 is 18.0 Å². The molecular formula is C31H35Cl2N3O4S. The smallest absolute Gasteiger partial charge is 0.264 e. The Morgan fingerprint density at radius 3 is 2.15 bits per heavy atom. The van der Waals surface area contributed by atoms with Gasteiger partial charge in [-0.2, -0.15) is 0 Å². The zero-order valence-corrected chi connectivity index (χ0v) is 25.6. The zero-order valence-electron chi connectivity index (χ0n) is 23.2. The quantitative estimate of drug-likeness (QED) is 0.287. The maximum absolute atomic E-state index is 14.1. The van der Waals surface area contributed by atoms with Crippen molar-refractivity contribution in [3.8, 4) is 0 Å². The van der Waals surface area contributed by atoms with Crippen molar-refractivity contribution >= 4 is 50.7 Å². The molecule has 0 saturated heterocycles. The van der Waals surface area contributed by atoms with Gasteiger partial charge in [-0.1, -0.05) is 90.5 Å². The second-order valence-electron chi connectivity index (χ2n) is 10.4. The second kappa shape index (κ2) is 13.7. The number of rotatable bonds is 10. The van der Waals surface area contributed by atoms with Crippen LogP contribution in [0.5, 0.6) is 0 Å². The molecule has 1 saturated carbocycles. The molecule has 3 aromatic rings. The molecule has 41 heavy (non-hydrogen) atoms. The van der Waals surface area contributed by atoms with E-state index < -0.39 is 28.5 Å². The number of sulfonamides is 1. The van der Waals surface area contributed by atoms with Crippen LogP contribution in [0.1, 0.15) is 50.2 Å². The van der Waals surface area contributed by atoms with Crippen LogP contribution in [0.25, 0.3) is 0 Å². The molecule has 0 spiro atoms. The van der Waals surface area contributed by atoms with Crippen molar-refractivity contribution in [2.75, 3.05) is 10.8 Å². The SMILES string of the molecule is Cc1ccc(S(=O)(=O)N(CC(=O)N(Cc2ccccc2Cl)[C@H](C)C(=O)NC2CCCCC2)c2ccccc2Cl)cc1. The number of nitrogens with zero attached hydrogens (tertiary/aromatic N) is 2. The molecule has 7 nitrogen and oxygen atoms in total. The van der Waals surface area contributed by atoms with E-state index in [2.05, 4.69) is 5.32 Å². The first kappa shape index (κ1) is 30.9. The van der Waals surface area contributed by atoms with Gasteiger partial charge in [0.05, 0.1) is 15.6 Å². The average Bonchev–Trinajstić information content (AvgIpc) is 2.96. The molecule has 3 aromatic carbocycles. The molecule has 1 fully saturated rings. The van der Waals surface area contributed by atoms with Crippen LogP contribution in [0, 0.1) is 6.92 Å². The topological polar surface area (TPSA) is 86.8 Å². The lowest BCUT2D eigenvalue weighted by molar-refractivity contribution is -0.139. The van der Waals surface area contributed by atoms with E-state index in [9.17, 15) is 18.0 Å². The minimum Gasteiger partial charge on any atom is -0.352 e. The van der Waals surface area contributed by atoms with Gasteiger partial charge in [0.25, 0.3) is 10.0 Å². The van der Waals surface area contributed by atoms with Gasteiger partial charge in [-0.25, -0.2) is 8.42 Å². The van der Waals surface area contributed by atoms with Gasteiger partial charge >= 0.3 is 0 Å². The van der Waals surface area contributed by atoms with E-state index in [-0.39, 0.29) is 34.1 Å². The summed E-state index contributed by atoms with van der Waals surface area (Å²) in [5.74, 6) is -0.852. The largest absolute Gasteiger partial charge is 0.352 e. The van der Waals surface area contributed by atoms with Gasteiger partial charge in [-0.3, -0.25) is 13.9 Å². The van der Waals surface area contributed by atoms with Gasteiger partial charge < -0.3 is 10.2 Å². The minimum absolute atomic E-state index is 0.0246. The number of nitrogens with one attached hydrogen (secondary N) is 1. The van der Waals surface area contributed by atoms with E-state index in [1.165, 1.54) is 17.0 Å². The molecule has 1 aliphatic carbocycles. The number of hydrogen-bond donors (Lipinski definition) is 1. The molecule has 0 aliphatic heterocycles. The van der Waals surface area contributed by atoms with Gasteiger partial charge in [0.1, 0.15) is 12.6 Å². The molecule has 1 atom stereocenters. The van der Waals surface area contributed by atoms with E-state index in [1.807, 2.05) is 6.92 Å². The summed E-state index contributed by atoms with van der Waals surface area (Å²) in [5.41, 5.74) is 1.71. The first-order valence-corrected chi connectivity index (χ1v) is 15.9. The number of carbonyl (C=O) groups excluding carboxylic acids is 2. The minimum atomic E-state index is -4.20. The predicted octanol–water partition coefficient (Wildman–Crippen LogP) is 6.36. The Morgan fingerprint density at radius 1 is 0.902 bits per heavy atom. The third-order valence-electron chi connectivity index (χ3n) is 7.43. The maximum Gasteiger partial charge on any atom is 0.264 e. The van der Waals surface area contributed by atoms with Crippen molar-refractivity contribution in [3.05, 3.63) is 94.0 Å². The van der Waals surface area contributed by atoms with Crippen LogP contribution >= 0.6 is 23.2 Å². The summed E-state index contributed by atoms with van der Waals surface area (Å²) in [5, 5.41) is 3.71. The van der Waals surface area contributed by atoms with Crippen LogP contribution in [0.2, 0.25) is 10.0 Å². The highest BCUT2D eigenvalue weighted by Crippen LogP contribution is 2.31. The van der Waals surface area contributed by atoms with Crippen molar-refractivity contribution in [3.63, 3.8) is 0 Å². The van der Waals surface area contributed by atoms with Crippen molar-refractivity contribution in [2.24, 2.45) is 0 Å². The van der Waals surface area contributed by atoms with E-state index in [4.69, 9.17) is 23.2 Å². The Morgan fingerprint density at radius 2 is 1.51 bits per heavy atom. The van der Waals surface area contributed by atoms with Gasteiger partial charge in [-0.05, 0) is 62.6 Å². The normalized spacial score (nSPS) is 14.7. The van der Waals surface area contributed by atoms with Crippen molar-refractivity contribution in [1.29, 1.82) is 0 Å². The Bertz CT molecular complexity index is 1470. The second-order valence-corrected chi connectivity index (χ2v) is 13.1. The van der Waals surface area contributed by atoms with Gasteiger partial charge in [0, 0.05) is 17.6 Å². The van der Waals surface area contributed by atoms with E-state index >= 15 is 0 Å².